The fraction of sp³-hybridized carbons (Fsp3) is 0.462. The van der Waals surface area contributed by atoms with Crippen LogP contribution in [0.2, 0.25) is 0 Å². The molecule has 0 aliphatic heterocycles. The van der Waals surface area contributed by atoms with Crippen LogP contribution < -0.4 is 10.1 Å². The Balaban J connectivity index is 2.26. The summed E-state index contributed by atoms with van der Waals surface area (Å²) < 4.78 is 10.2. The summed E-state index contributed by atoms with van der Waals surface area (Å²) in [5.41, 5.74) is 1.17. The molecule has 0 fully saturated rings. The second kappa shape index (κ2) is 7.55. The van der Waals surface area contributed by atoms with E-state index in [0.29, 0.717) is 6.61 Å². The van der Waals surface area contributed by atoms with Gasteiger partial charge in [-0.1, -0.05) is 17.7 Å². The lowest BCUT2D eigenvalue weighted by Crippen LogP contribution is -2.37. The monoisotopic (exact) mass is 253 g/mol. The average Bonchev–Trinajstić information content (AvgIpc) is 2.35. The van der Waals surface area contributed by atoms with E-state index in [-0.39, 0.29) is 19.3 Å². The molecule has 1 aromatic carbocycles. The molecule has 0 saturated carbocycles. The first-order chi connectivity index (χ1) is 8.61. The zero-order valence-electron chi connectivity index (χ0n) is 10.7. The molecule has 1 rings (SSSR count). The minimum atomic E-state index is -0.552. The summed E-state index contributed by atoms with van der Waals surface area (Å²) >= 11 is 0. The molecule has 1 unspecified atom stereocenters. The predicted molar refractivity (Wildman–Crippen MR) is 67.7 cm³/mol. The minimum Gasteiger partial charge on any atom is -0.491 e. The summed E-state index contributed by atoms with van der Waals surface area (Å²) in [5.74, 6) is 0.762. The topological polar surface area (TPSA) is 67.8 Å². The SMILES string of the molecule is Cc1ccc(OCC(C)NC(=O)OCCO)cc1. The van der Waals surface area contributed by atoms with E-state index in [1.54, 1.807) is 0 Å². The van der Waals surface area contributed by atoms with E-state index in [1.165, 1.54) is 5.56 Å². The number of benzene rings is 1. The molecule has 0 bridgehead atoms. The van der Waals surface area contributed by atoms with E-state index < -0.39 is 6.09 Å². The van der Waals surface area contributed by atoms with Gasteiger partial charge >= 0.3 is 6.09 Å². The van der Waals surface area contributed by atoms with Crippen LogP contribution in [0.25, 0.3) is 0 Å². The summed E-state index contributed by atoms with van der Waals surface area (Å²) in [5, 5.41) is 11.1. The Labute approximate surface area is 107 Å². The van der Waals surface area contributed by atoms with Gasteiger partial charge in [-0.3, -0.25) is 0 Å². The van der Waals surface area contributed by atoms with Crippen LogP contribution in [0.15, 0.2) is 24.3 Å². The molecule has 0 saturated heterocycles. The van der Waals surface area contributed by atoms with Crippen LogP contribution in [0.3, 0.4) is 0 Å². The molecule has 0 aromatic heterocycles. The number of aliphatic hydroxyl groups excluding tert-OH is 1. The van der Waals surface area contributed by atoms with Crippen LogP contribution in [0.4, 0.5) is 4.79 Å². The molecule has 100 valence electrons. The Bertz CT molecular complexity index is 364. The standard InChI is InChI=1S/C13H19NO4/c1-10-3-5-12(6-4-10)18-9-11(2)14-13(16)17-8-7-15/h3-6,11,15H,7-9H2,1-2H3,(H,14,16). The van der Waals surface area contributed by atoms with Gasteiger partial charge in [0.15, 0.2) is 0 Å². The van der Waals surface area contributed by atoms with E-state index >= 15 is 0 Å². The van der Waals surface area contributed by atoms with Crippen LogP contribution in [0.1, 0.15) is 12.5 Å². The fourth-order valence-corrected chi connectivity index (χ4v) is 1.28. The maximum absolute atomic E-state index is 11.2. The van der Waals surface area contributed by atoms with Crippen LogP contribution >= 0.6 is 0 Å². The largest absolute Gasteiger partial charge is 0.491 e. The van der Waals surface area contributed by atoms with Crippen molar-refractivity contribution in [3.63, 3.8) is 0 Å². The number of ether oxygens (including phenoxy) is 2. The van der Waals surface area contributed by atoms with Gasteiger partial charge in [-0.2, -0.15) is 0 Å². The van der Waals surface area contributed by atoms with Gasteiger partial charge in [-0.25, -0.2) is 4.79 Å². The molecule has 0 heterocycles. The number of rotatable bonds is 6. The molecule has 5 heteroatoms. The van der Waals surface area contributed by atoms with Crippen LogP contribution in [0, 0.1) is 6.92 Å². The van der Waals surface area contributed by atoms with Crippen molar-refractivity contribution >= 4 is 6.09 Å². The fourth-order valence-electron chi connectivity index (χ4n) is 1.28. The molecule has 0 spiro atoms. The Hall–Kier alpha value is -1.75. The third-order valence-corrected chi connectivity index (χ3v) is 2.21. The number of aryl methyl sites for hydroxylation is 1. The van der Waals surface area contributed by atoms with Gasteiger partial charge in [-0.15, -0.1) is 0 Å². The number of aliphatic hydroxyl groups is 1. The Morgan fingerprint density at radius 3 is 2.67 bits per heavy atom. The van der Waals surface area contributed by atoms with Crippen molar-refractivity contribution in [2.24, 2.45) is 0 Å². The lowest BCUT2D eigenvalue weighted by molar-refractivity contribution is 0.114. The van der Waals surface area contributed by atoms with Crippen molar-refractivity contribution < 1.29 is 19.4 Å². The van der Waals surface area contributed by atoms with E-state index in [4.69, 9.17) is 9.84 Å². The third-order valence-electron chi connectivity index (χ3n) is 2.21. The summed E-state index contributed by atoms with van der Waals surface area (Å²) in [4.78, 5) is 11.2. The molecule has 0 radical (unpaired) electrons. The highest BCUT2D eigenvalue weighted by atomic mass is 16.6. The van der Waals surface area contributed by atoms with Gasteiger partial charge in [0.05, 0.1) is 12.6 Å². The number of hydrogen-bond acceptors (Lipinski definition) is 4. The zero-order chi connectivity index (χ0) is 13.4. The van der Waals surface area contributed by atoms with Crippen LogP contribution in [0.5, 0.6) is 5.75 Å². The van der Waals surface area contributed by atoms with Crippen molar-refractivity contribution in [3.05, 3.63) is 29.8 Å². The number of nitrogens with one attached hydrogen (secondary N) is 1. The van der Waals surface area contributed by atoms with Gasteiger partial charge in [0.1, 0.15) is 19.0 Å². The lowest BCUT2D eigenvalue weighted by atomic mass is 10.2. The van der Waals surface area contributed by atoms with Gasteiger partial charge in [0.25, 0.3) is 0 Å². The van der Waals surface area contributed by atoms with Crippen molar-refractivity contribution in [3.8, 4) is 5.75 Å². The molecule has 1 atom stereocenters. The van der Waals surface area contributed by atoms with Crippen molar-refractivity contribution in [1.29, 1.82) is 0 Å². The normalized spacial score (nSPS) is 11.7. The number of amides is 1. The second-order valence-corrected chi connectivity index (χ2v) is 4.03. The predicted octanol–water partition coefficient (Wildman–Crippen LogP) is 1.48. The summed E-state index contributed by atoms with van der Waals surface area (Å²) in [7, 11) is 0. The van der Waals surface area contributed by atoms with Gasteiger partial charge in [-0.05, 0) is 26.0 Å². The third kappa shape index (κ3) is 5.54. The molecule has 1 amide bonds. The van der Waals surface area contributed by atoms with Gasteiger partial charge < -0.3 is 19.9 Å². The van der Waals surface area contributed by atoms with E-state index in [1.807, 2.05) is 38.1 Å². The summed E-state index contributed by atoms with van der Waals surface area (Å²) in [6, 6.07) is 7.52. The first kappa shape index (κ1) is 14.3. The van der Waals surface area contributed by atoms with Crippen molar-refractivity contribution in [2.45, 2.75) is 19.9 Å². The molecule has 2 N–H and O–H groups in total. The number of hydrogen-bond donors (Lipinski definition) is 2. The number of carbonyl (C=O) groups excluding carboxylic acids is 1. The van der Waals surface area contributed by atoms with Crippen molar-refractivity contribution in [2.75, 3.05) is 19.8 Å². The molecular formula is C13H19NO4. The first-order valence-electron chi connectivity index (χ1n) is 5.85. The highest BCUT2D eigenvalue weighted by Crippen LogP contribution is 2.11. The first-order valence-corrected chi connectivity index (χ1v) is 5.85. The summed E-state index contributed by atoms with van der Waals surface area (Å²) in [6.07, 6.45) is -0.552. The van der Waals surface area contributed by atoms with Crippen molar-refractivity contribution in [1.82, 2.24) is 5.32 Å². The van der Waals surface area contributed by atoms with Gasteiger partial charge in [0, 0.05) is 0 Å². The van der Waals surface area contributed by atoms with E-state index in [9.17, 15) is 4.79 Å². The second-order valence-electron chi connectivity index (χ2n) is 4.03. The minimum absolute atomic E-state index is 0.00261. The Morgan fingerprint density at radius 1 is 1.39 bits per heavy atom. The van der Waals surface area contributed by atoms with Gasteiger partial charge in [0.2, 0.25) is 0 Å². The smallest absolute Gasteiger partial charge is 0.407 e. The number of carbonyl (C=O) groups is 1. The quantitative estimate of drug-likeness (QED) is 0.805. The van der Waals surface area contributed by atoms with Crippen LogP contribution in [-0.4, -0.2) is 37.1 Å². The molecule has 0 aliphatic carbocycles. The zero-order valence-corrected chi connectivity index (χ0v) is 10.7. The van der Waals surface area contributed by atoms with E-state index in [0.717, 1.165) is 5.75 Å². The summed E-state index contributed by atoms with van der Waals surface area (Å²) in [6.45, 7) is 4.00. The Kier molecular flexibility index (Phi) is 6.00. The molecule has 5 nitrogen and oxygen atoms in total. The number of alkyl carbamates (subject to hydrolysis) is 1. The highest BCUT2D eigenvalue weighted by molar-refractivity contribution is 5.67. The Morgan fingerprint density at radius 2 is 2.06 bits per heavy atom. The molecule has 18 heavy (non-hydrogen) atoms. The highest BCUT2D eigenvalue weighted by Gasteiger charge is 2.08. The van der Waals surface area contributed by atoms with E-state index in [2.05, 4.69) is 10.1 Å². The maximum Gasteiger partial charge on any atom is 0.407 e. The average molecular weight is 253 g/mol. The maximum atomic E-state index is 11.2. The molecular weight excluding hydrogens is 234 g/mol. The molecule has 0 aliphatic rings. The molecule has 1 aromatic rings. The lowest BCUT2D eigenvalue weighted by Gasteiger charge is -2.14. The van der Waals surface area contributed by atoms with Crippen LogP contribution in [-0.2, 0) is 4.74 Å².